The SMILES string of the molecule is CC(C)=CCCC(C)C(C)C=NO. The normalized spacial score (nSPS) is 15.7. The van der Waals surface area contributed by atoms with Crippen molar-refractivity contribution >= 4 is 6.21 Å². The molecular formula is C11H21NO. The van der Waals surface area contributed by atoms with Crippen LogP contribution < -0.4 is 0 Å². The molecule has 0 saturated heterocycles. The van der Waals surface area contributed by atoms with E-state index in [2.05, 4.69) is 38.9 Å². The van der Waals surface area contributed by atoms with Crippen LogP contribution in [0.2, 0.25) is 0 Å². The largest absolute Gasteiger partial charge is 0.411 e. The molecule has 2 unspecified atom stereocenters. The van der Waals surface area contributed by atoms with Crippen molar-refractivity contribution < 1.29 is 5.21 Å². The summed E-state index contributed by atoms with van der Waals surface area (Å²) < 4.78 is 0. The van der Waals surface area contributed by atoms with Crippen molar-refractivity contribution in [1.29, 1.82) is 0 Å². The fourth-order valence-corrected chi connectivity index (χ4v) is 1.15. The molecule has 0 aliphatic rings. The fraction of sp³-hybridized carbons (Fsp3) is 0.727. The minimum Gasteiger partial charge on any atom is -0.411 e. The molecule has 0 rings (SSSR count). The second kappa shape index (κ2) is 6.70. The van der Waals surface area contributed by atoms with Gasteiger partial charge in [0.2, 0.25) is 0 Å². The second-order valence-corrected chi connectivity index (χ2v) is 3.96. The first kappa shape index (κ1) is 12.2. The van der Waals surface area contributed by atoms with E-state index in [1.807, 2.05) is 0 Å². The van der Waals surface area contributed by atoms with Crippen molar-refractivity contribution in [3.8, 4) is 0 Å². The van der Waals surface area contributed by atoms with E-state index < -0.39 is 0 Å². The highest BCUT2D eigenvalue weighted by molar-refractivity contribution is 5.59. The van der Waals surface area contributed by atoms with Gasteiger partial charge in [-0.05, 0) is 38.5 Å². The maximum absolute atomic E-state index is 8.36. The van der Waals surface area contributed by atoms with Crippen LogP contribution in [-0.2, 0) is 0 Å². The van der Waals surface area contributed by atoms with Gasteiger partial charge >= 0.3 is 0 Å². The average molecular weight is 183 g/mol. The van der Waals surface area contributed by atoms with Gasteiger partial charge in [-0.2, -0.15) is 0 Å². The monoisotopic (exact) mass is 183 g/mol. The van der Waals surface area contributed by atoms with Gasteiger partial charge in [0, 0.05) is 6.21 Å². The Balaban J connectivity index is 3.73. The molecule has 0 aliphatic carbocycles. The zero-order valence-corrected chi connectivity index (χ0v) is 9.12. The number of nitrogens with zero attached hydrogens (tertiary/aromatic N) is 1. The third-order valence-electron chi connectivity index (χ3n) is 2.37. The molecule has 0 amide bonds. The molecule has 2 nitrogen and oxygen atoms in total. The average Bonchev–Trinajstić information content (AvgIpc) is 2.04. The van der Waals surface area contributed by atoms with Crippen LogP contribution in [0.15, 0.2) is 16.8 Å². The molecule has 0 aromatic heterocycles. The molecule has 2 heteroatoms. The number of rotatable bonds is 5. The molecule has 0 aromatic rings. The van der Waals surface area contributed by atoms with Crippen LogP contribution in [-0.4, -0.2) is 11.4 Å². The summed E-state index contributed by atoms with van der Waals surface area (Å²) >= 11 is 0. The van der Waals surface area contributed by atoms with Crippen LogP contribution in [0.5, 0.6) is 0 Å². The zero-order chi connectivity index (χ0) is 10.3. The molecule has 0 radical (unpaired) electrons. The van der Waals surface area contributed by atoms with Gasteiger partial charge in [-0.1, -0.05) is 25.5 Å². The van der Waals surface area contributed by atoms with Gasteiger partial charge in [0.25, 0.3) is 0 Å². The quantitative estimate of drug-likeness (QED) is 0.301. The van der Waals surface area contributed by atoms with E-state index in [1.54, 1.807) is 6.21 Å². The highest BCUT2D eigenvalue weighted by Gasteiger charge is 2.08. The van der Waals surface area contributed by atoms with Crippen LogP contribution in [0.25, 0.3) is 0 Å². The first-order chi connectivity index (χ1) is 6.07. The maximum atomic E-state index is 8.36. The van der Waals surface area contributed by atoms with Crippen LogP contribution in [0.1, 0.15) is 40.5 Å². The lowest BCUT2D eigenvalue weighted by Crippen LogP contribution is -2.08. The summed E-state index contributed by atoms with van der Waals surface area (Å²) in [6, 6.07) is 0. The molecule has 0 fully saturated rings. The smallest absolute Gasteiger partial charge is 0.0466 e. The Morgan fingerprint density at radius 1 is 1.38 bits per heavy atom. The van der Waals surface area contributed by atoms with E-state index in [9.17, 15) is 0 Å². The zero-order valence-electron chi connectivity index (χ0n) is 9.12. The highest BCUT2D eigenvalue weighted by atomic mass is 16.4. The van der Waals surface area contributed by atoms with E-state index in [-0.39, 0.29) is 0 Å². The van der Waals surface area contributed by atoms with E-state index in [0.29, 0.717) is 11.8 Å². The molecular weight excluding hydrogens is 162 g/mol. The van der Waals surface area contributed by atoms with E-state index in [4.69, 9.17) is 5.21 Å². The summed E-state index contributed by atoms with van der Waals surface area (Å²) in [5, 5.41) is 11.4. The lowest BCUT2D eigenvalue weighted by molar-refractivity contribution is 0.314. The van der Waals surface area contributed by atoms with Crippen molar-refractivity contribution in [3.63, 3.8) is 0 Å². The molecule has 0 aliphatic heterocycles. The van der Waals surface area contributed by atoms with Gasteiger partial charge < -0.3 is 5.21 Å². The molecule has 0 aromatic carbocycles. The van der Waals surface area contributed by atoms with Gasteiger partial charge in [0.15, 0.2) is 0 Å². The molecule has 13 heavy (non-hydrogen) atoms. The summed E-state index contributed by atoms with van der Waals surface area (Å²) in [5.41, 5.74) is 1.37. The standard InChI is InChI=1S/C11H21NO/c1-9(2)6-5-7-10(3)11(4)8-12-13/h6,8,10-11,13H,5,7H2,1-4H3. The highest BCUT2D eigenvalue weighted by Crippen LogP contribution is 2.15. The fourth-order valence-electron chi connectivity index (χ4n) is 1.15. The molecule has 0 heterocycles. The number of hydrogen-bond acceptors (Lipinski definition) is 2. The lowest BCUT2D eigenvalue weighted by Gasteiger charge is -2.13. The first-order valence-electron chi connectivity index (χ1n) is 4.88. The van der Waals surface area contributed by atoms with Crippen molar-refractivity contribution in [1.82, 2.24) is 0 Å². The summed E-state index contributed by atoms with van der Waals surface area (Å²) in [5.74, 6) is 0.932. The van der Waals surface area contributed by atoms with Crippen molar-refractivity contribution in [2.24, 2.45) is 17.0 Å². The van der Waals surface area contributed by atoms with Crippen molar-refractivity contribution in [3.05, 3.63) is 11.6 Å². The molecule has 1 N–H and O–H groups in total. The van der Waals surface area contributed by atoms with E-state index in [0.717, 1.165) is 12.8 Å². The molecule has 0 bridgehead atoms. The number of allylic oxidation sites excluding steroid dienone is 2. The molecule has 0 spiro atoms. The molecule has 2 atom stereocenters. The summed E-state index contributed by atoms with van der Waals surface area (Å²) in [4.78, 5) is 0. The van der Waals surface area contributed by atoms with Crippen molar-refractivity contribution in [2.45, 2.75) is 40.5 Å². The molecule has 0 saturated carbocycles. The topological polar surface area (TPSA) is 32.6 Å². The van der Waals surface area contributed by atoms with E-state index >= 15 is 0 Å². The minimum atomic E-state index is 0.357. The summed E-state index contributed by atoms with van der Waals surface area (Å²) in [7, 11) is 0. The summed E-state index contributed by atoms with van der Waals surface area (Å²) in [6.07, 6.45) is 6.12. The third-order valence-corrected chi connectivity index (χ3v) is 2.37. The Morgan fingerprint density at radius 3 is 2.46 bits per heavy atom. The predicted octanol–water partition coefficient (Wildman–Crippen LogP) is 3.47. The number of hydrogen-bond donors (Lipinski definition) is 1. The van der Waals surface area contributed by atoms with Crippen LogP contribution >= 0.6 is 0 Å². The van der Waals surface area contributed by atoms with Gasteiger partial charge in [0.05, 0.1) is 0 Å². The van der Waals surface area contributed by atoms with Crippen LogP contribution in [0.4, 0.5) is 0 Å². The van der Waals surface area contributed by atoms with Gasteiger partial charge in [0.1, 0.15) is 0 Å². The Morgan fingerprint density at radius 2 is 2.00 bits per heavy atom. The summed E-state index contributed by atoms with van der Waals surface area (Å²) in [6.45, 7) is 8.49. The van der Waals surface area contributed by atoms with Crippen LogP contribution in [0.3, 0.4) is 0 Å². The Hall–Kier alpha value is -0.790. The van der Waals surface area contributed by atoms with E-state index in [1.165, 1.54) is 5.57 Å². The maximum Gasteiger partial charge on any atom is 0.0466 e. The van der Waals surface area contributed by atoms with Gasteiger partial charge in [-0.15, -0.1) is 5.16 Å². The minimum absolute atomic E-state index is 0.357. The Labute approximate surface area is 81.3 Å². The third kappa shape index (κ3) is 6.38. The second-order valence-electron chi connectivity index (χ2n) is 3.96. The van der Waals surface area contributed by atoms with Gasteiger partial charge in [-0.3, -0.25) is 0 Å². The van der Waals surface area contributed by atoms with Gasteiger partial charge in [-0.25, -0.2) is 0 Å². The Bertz CT molecular complexity index is 181. The van der Waals surface area contributed by atoms with Crippen molar-refractivity contribution in [2.75, 3.05) is 0 Å². The van der Waals surface area contributed by atoms with Crippen LogP contribution in [0, 0.1) is 11.8 Å². The first-order valence-corrected chi connectivity index (χ1v) is 4.88. The molecule has 76 valence electrons. The number of oxime groups is 1. The predicted molar refractivity (Wildman–Crippen MR) is 57.3 cm³/mol. The lowest BCUT2D eigenvalue weighted by atomic mass is 9.92. The Kier molecular flexibility index (Phi) is 6.29.